The molecule has 21 heavy (non-hydrogen) atoms. The third-order valence-electron chi connectivity index (χ3n) is 3.29. The van der Waals surface area contributed by atoms with Crippen molar-refractivity contribution < 1.29 is 4.79 Å². The number of ketones is 1. The van der Waals surface area contributed by atoms with Gasteiger partial charge in [0.2, 0.25) is 5.78 Å². The molecule has 1 N–H and O–H groups in total. The predicted octanol–water partition coefficient (Wildman–Crippen LogP) is 3.11. The number of aryl methyl sites for hydroxylation is 1. The number of aromatic nitrogens is 4. The molecule has 102 valence electrons. The van der Waals surface area contributed by atoms with Gasteiger partial charge in [0.05, 0.1) is 22.2 Å². The van der Waals surface area contributed by atoms with Crippen molar-refractivity contribution in [2.24, 2.45) is 0 Å². The van der Waals surface area contributed by atoms with E-state index in [1.54, 1.807) is 11.6 Å². The number of nitrogens with zero attached hydrogens (tertiary/aromatic N) is 3. The van der Waals surface area contributed by atoms with Crippen LogP contribution in [0.3, 0.4) is 0 Å². The second-order valence-electron chi connectivity index (χ2n) is 4.70. The van der Waals surface area contributed by atoms with Crippen LogP contribution >= 0.6 is 11.3 Å². The highest BCUT2D eigenvalue weighted by molar-refractivity contribution is 7.09. The van der Waals surface area contributed by atoms with E-state index in [2.05, 4.69) is 19.9 Å². The minimum Gasteiger partial charge on any atom is -0.334 e. The quantitative estimate of drug-likeness (QED) is 0.577. The van der Waals surface area contributed by atoms with Crippen LogP contribution in [-0.4, -0.2) is 25.7 Å². The normalized spacial score (nSPS) is 11.3. The molecular weight excluding hydrogens is 284 g/mol. The van der Waals surface area contributed by atoms with E-state index in [0.29, 0.717) is 11.5 Å². The summed E-state index contributed by atoms with van der Waals surface area (Å²) >= 11 is 1.45. The third kappa shape index (κ3) is 1.92. The molecule has 0 aliphatic rings. The summed E-state index contributed by atoms with van der Waals surface area (Å²) in [6, 6.07) is 7.74. The number of carbonyl (C=O) groups is 1. The third-order valence-corrected chi connectivity index (χ3v) is 4.06. The maximum absolute atomic E-state index is 12.4. The van der Waals surface area contributed by atoms with Gasteiger partial charge in [0.25, 0.3) is 0 Å². The summed E-state index contributed by atoms with van der Waals surface area (Å²) in [7, 11) is 0. The fourth-order valence-corrected chi connectivity index (χ4v) is 2.90. The van der Waals surface area contributed by atoms with Crippen molar-refractivity contribution in [1.29, 1.82) is 0 Å². The van der Waals surface area contributed by atoms with Crippen LogP contribution < -0.4 is 0 Å². The van der Waals surface area contributed by atoms with Crippen molar-refractivity contribution in [1.82, 2.24) is 19.9 Å². The molecule has 4 aromatic rings. The Morgan fingerprint density at radius 1 is 1.24 bits per heavy atom. The number of fused-ring (bicyclic) bond motifs is 3. The zero-order valence-electron chi connectivity index (χ0n) is 11.1. The standard InChI is InChI=1S/C15H10N4OS/c1-8-17-12(7-21-8)14(20)15-18-11-6-16-10-5-3-2-4-9(10)13(11)19-15/h2-7H,1H3,(H,18,19). The smallest absolute Gasteiger partial charge is 0.247 e. The first-order valence-electron chi connectivity index (χ1n) is 6.42. The average molecular weight is 294 g/mol. The molecule has 4 rings (SSSR count). The van der Waals surface area contributed by atoms with Crippen LogP contribution in [0.15, 0.2) is 35.8 Å². The lowest BCUT2D eigenvalue weighted by Gasteiger charge is -1.95. The van der Waals surface area contributed by atoms with Gasteiger partial charge < -0.3 is 4.98 Å². The number of hydrogen-bond donors (Lipinski definition) is 1. The first kappa shape index (κ1) is 12.2. The first-order chi connectivity index (χ1) is 10.2. The number of pyridine rings is 1. The Kier molecular flexibility index (Phi) is 2.58. The predicted molar refractivity (Wildman–Crippen MR) is 81.7 cm³/mol. The molecule has 0 atom stereocenters. The van der Waals surface area contributed by atoms with Gasteiger partial charge in [-0.25, -0.2) is 9.97 Å². The minimum absolute atomic E-state index is 0.195. The number of benzene rings is 1. The lowest BCUT2D eigenvalue weighted by molar-refractivity contribution is 0.102. The van der Waals surface area contributed by atoms with E-state index in [1.807, 2.05) is 31.2 Å². The number of aromatic amines is 1. The first-order valence-corrected chi connectivity index (χ1v) is 7.30. The maximum atomic E-state index is 12.4. The summed E-state index contributed by atoms with van der Waals surface area (Å²) < 4.78 is 0. The number of para-hydroxylation sites is 1. The van der Waals surface area contributed by atoms with E-state index in [-0.39, 0.29) is 5.78 Å². The van der Waals surface area contributed by atoms with Gasteiger partial charge in [-0.15, -0.1) is 11.3 Å². The minimum atomic E-state index is -0.195. The Morgan fingerprint density at radius 2 is 2.10 bits per heavy atom. The van der Waals surface area contributed by atoms with E-state index < -0.39 is 0 Å². The molecule has 0 radical (unpaired) electrons. The zero-order valence-corrected chi connectivity index (χ0v) is 11.9. The molecule has 0 unspecified atom stereocenters. The molecule has 6 heteroatoms. The summed E-state index contributed by atoms with van der Waals surface area (Å²) in [5.41, 5.74) is 2.80. The Hall–Kier alpha value is -2.60. The van der Waals surface area contributed by atoms with Crippen LogP contribution in [0.5, 0.6) is 0 Å². The maximum Gasteiger partial charge on any atom is 0.247 e. The van der Waals surface area contributed by atoms with Gasteiger partial charge in [0, 0.05) is 10.8 Å². The number of imidazole rings is 1. The highest BCUT2D eigenvalue weighted by Crippen LogP contribution is 2.22. The van der Waals surface area contributed by atoms with Gasteiger partial charge >= 0.3 is 0 Å². The van der Waals surface area contributed by atoms with Crippen LogP contribution in [0.2, 0.25) is 0 Å². The van der Waals surface area contributed by atoms with Gasteiger partial charge in [-0.05, 0) is 13.0 Å². The molecule has 0 saturated carbocycles. The SMILES string of the molecule is Cc1nc(C(=O)c2nc3c(cnc4ccccc43)[nH]2)cs1. The summed E-state index contributed by atoms with van der Waals surface area (Å²) in [6.07, 6.45) is 1.70. The lowest BCUT2D eigenvalue weighted by atomic mass is 10.2. The van der Waals surface area contributed by atoms with E-state index in [1.165, 1.54) is 11.3 Å². The monoisotopic (exact) mass is 294 g/mol. The highest BCUT2D eigenvalue weighted by Gasteiger charge is 2.17. The molecule has 0 spiro atoms. The van der Waals surface area contributed by atoms with Gasteiger partial charge in [-0.3, -0.25) is 9.78 Å². The van der Waals surface area contributed by atoms with Crippen LogP contribution in [0, 0.1) is 6.92 Å². The van der Waals surface area contributed by atoms with Gasteiger partial charge in [0.1, 0.15) is 11.2 Å². The molecule has 0 saturated heterocycles. The number of thiazole rings is 1. The molecule has 3 aromatic heterocycles. The Morgan fingerprint density at radius 3 is 2.90 bits per heavy atom. The summed E-state index contributed by atoms with van der Waals surface area (Å²) in [5.74, 6) is 0.105. The van der Waals surface area contributed by atoms with Crippen LogP contribution in [0.25, 0.3) is 21.9 Å². The van der Waals surface area contributed by atoms with Crippen LogP contribution in [-0.2, 0) is 0 Å². The van der Waals surface area contributed by atoms with Crippen LogP contribution in [0.4, 0.5) is 0 Å². The number of carbonyl (C=O) groups excluding carboxylic acids is 1. The van der Waals surface area contributed by atoms with Crippen molar-refractivity contribution in [2.45, 2.75) is 6.92 Å². The molecule has 0 aliphatic carbocycles. The van der Waals surface area contributed by atoms with Crippen LogP contribution in [0.1, 0.15) is 21.3 Å². The Balaban J connectivity index is 1.91. The summed E-state index contributed by atoms with van der Waals surface area (Å²) in [6.45, 7) is 1.87. The molecule has 0 amide bonds. The van der Waals surface area contributed by atoms with Crippen molar-refractivity contribution >= 4 is 39.1 Å². The van der Waals surface area contributed by atoms with Gasteiger partial charge in [0.15, 0.2) is 5.82 Å². The molecule has 0 aliphatic heterocycles. The second kappa shape index (κ2) is 4.46. The zero-order chi connectivity index (χ0) is 14.4. The van der Waals surface area contributed by atoms with Crippen molar-refractivity contribution in [2.75, 3.05) is 0 Å². The van der Waals surface area contributed by atoms with Crippen molar-refractivity contribution in [3.63, 3.8) is 0 Å². The molecule has 0 fully saturated rings. The largest absolute Gasteiger partial charge is 0.334 e. The molecule has 1 aromatic carbocycles. The highest BCUT2D eigenvalue weighted by atomic mass is 32.1. The summed E-state index contributed by atoms with van der Waals surface area (Å²) in [5, 5.41) is 3.54. The Bertz CT molecular complexity index is 986. The van der Waals surface area contributed by atoms with Crippen molar-refractivity contribution in [3.8, 4) is 0 Å². The summed E-state index contributed by atoms with van der Waals surface area (Å²) in [4.78, 5) is 28.5. The molecular formula is C15H10N4OS. The van der Waals surface area contributed by atoms with E-state index >= 15 is 0 Å². The average Bonchev–Trinajstić information content (AvgIpc) is 3.12. The van der Waals surface area contributed by atoms with E-state index in [4.69, 9.17) is 0 Å². The second-order valence-corrected chi connectivity index (χ2v) is 5.77. The number of hydrogen-bond acceptors (Lipinski definition) is 5. The lowest BCUT2D eigenvalue weighted by Crippen LogP contribution is -2.03. The molecule has 3 heterocycles. The molecule has 5 nitrogen and oxygen atoms in total. The van der Waals surface area contributed by atoms with Crippen molar-refractivity contribution in [3.05, 3.63) is 52.4 Å². The van der Waals surface area contributed by atoms with E-state index in [0.717, 1.165) is 26.9 Å². The topological polar surface area (TPSA) is 71.5 Å². The number of nitrogens with one attached hydrogen (secondary N) is 1. The van der Waals surface area contributed by atoms with Gasteiger partial charge in [-0.1, -0.05) is 18.2 Å². The number of rotatable bonds is 2. The molecule has 0 bridgehead atoms. The Labute approximate surface area is 123 Å². The number of H-pyrrole nitrogens is 1. The van der Waals surface area contributed by atoms with Gasteiger partial charge in [-0.2, -0.15) is 0 Å². The van der Waals surface area contributed by atoms with E-state index in [9.17, 15) is 4.79 Å². The fourth-order valence-electron chi connectivity index (χ4n) is 2.30. The fraction of sp³-hybridized carbons (Fsp3) is 0.0667.